The highest BCUT2D eigenvalue weighted by molar-refractivity contribution is 5.94. The highest BCUT2D eigenvalue weighted by Gasteiger charge is 2.13. The van der Waals surface area contributed by atoms with Gasteiger partial charge in [0.15, 0.2) is 0 Å². The maximum absolute atomic E-state index is 12.4. The Bertz CT molecular complexity index is 657. The van der Waals surface area contributed by atoms with Crippen molar-refractivity contribution in [3.05, 3.63) is 58.4 Å². The summed E-state index contributed by atoms with van der Waals surface area (Å²) in [5.41, 5.74) is 7.28. The largest absolute Gasteiger partial charge is 0.384 e. The molecular formula is C15H17N3O. The lowest BCUT2D eigenvalue weighted by atomic mass is 10.1. The molecule has 4 nitrogen and oxygen atoms in total. The fourth-order valence-corrected chi connectivity index (χ4v) is 2.11. The van der Waals surface area contributed by atoms with E-state index < -0.39 is 0 Å². The van der Waals surface area contributed by atoms with Gasteiger partial charge < -0.3 is 10.3 Å². The molecule has 0 aliphatic heterocycles. The van der Waals surface area contributed by atoms with Crippen molar-refractivity contribution in [2.24, 2.45) is 5.73 Å². The van der Waals surface area contributed by atoms with Crippen LogP contribution in [0.2, 0.25) is 0 Å². The molecule has 0 unspecified atom stereocenters. The molecule has 0 bridgehead atoms. The summed E-state index contributed by atoms with van der Waals surface area (Å²) in [5.74, 6) is -0.195. The maximum Gasteiger partial charge on any atom is 0.262 e. The smallest absolute Gasteiger partial charge is 0.262 e. The Kier molecular flexibility index (Phi) is 3.51. The Balaban J connectivity index is 2.74. The molecule has 19 heavy (non-hydrogen) atoms. The van der Waals surface area contributed by atoms with Crippen LogP contribution in [0, 0.1) is 5.41 Å². The van der Waals surface area contributed by atoms with Gasteiger partial charge in [0.1, 0.15) is 5.84 Å². The number of nitrogens with zero attached hydrogens (tertiary/aromatic N) is 1. The molecular weight excluding hydrogens is 238 g/mol. The molecule has 2 aromatic rings. The molecule has 1 aromatic heterocycles. The molecule has 0 fully saturated rings. The molecule has 0 aliphatic carbocycles. The van der Waals surface area contributed by atoms with Gasteiger partial charge in [-0.2, -0.15) is 0 Å². The van der Waals surface area contributed by atoms with Gasteiger partial charge in [0, 0.05) is 6.04 Å². The lowest BCUT2D eigenvalue weighted by Gasteiger charge is -2.17. The first-order chi connectivity index (χ1) is 9.02. The minimum atomic E-state index is -0.219. The van der Waals surface area contributed by atoms with Gasteiger partial charge in [0.2, 0.25) is 0 Å². The number of hydrogen-bond acceptors (Lipinski definition) is 2. The van der Waals surface area contributed by atoms with Crippen LogP contribution >= 0.6 is 0 Å². The zero-order valence-corrected chi connectivity index (χ0v) is 11.1. The monoisotopic (exact) mass is 255 g/mol. The number of amidine groups is 1. The molecule has 1 aromatic carbocycles. The van der Waals surface area contributed by atoms with Gasteiger partial charge in [-0.05, 0) is 31.5 Å². The van der Waals surface area contributed by atoms with Crippen LogP contribution in [0.3, 0.4) is 0 Å². The van der Waals surface area contributed by atoms with Crippen LogP contribution < -0.4 is 11.3 Å². The molecule has 0 amide bonds. The third kappa shape index (κ3) is 2.42. The highest BCUT2D eigenvalue weighted by atomic mass is 16.1. The van der Waals surface area contributed by atoms with Crippen molar-refractivity contribution in [2.75, 3.05) is 0 Å². The van der Waals surface area contributed by atoms with Gasteiger partial charge in [0.05, 0.1) is 11.3 Å². The molecule has 0 atom stereocenters. The number of nitrogen functional groups attached to an aromatic ring is 1. The predicted octanol–water partition coefficient (Wildman–Crippen LogP) is 2.38. The summed E-state index contributed by atoms with van der Waals surface area (Å²) < 4.78 is 1.67. The quantitative estimate of drug-likeness (QED) is 0.653. The van der Waals surface area contributed by atoms with Gasteiger partial charge in [-0.25, -0.2) is 0 Å². The van der Waals surface area contributed by atoms with Gasteiger partial charge >= 0.3 is 0 Å². The summed E-state index contributed by atoms with van der Waals surface area (Å²) in [4.78, 5) is 12.4. The molecule has 0 spiro atoms. The van der Waals surface area contributed by atoms with Crippen molar-refractivity contribution in [3.8, 4) is 11.3 Å². The van der Waals surface area contributed by atoms with Gasteiger partial charge in [-0.15, -0.1) is 0 Å². The number of nitrogens with two attached hydrogens (primary N) is 1. The summed E-state index contributed by atoms with van der Waals surface area (Å²) in [6, 6.07) is 13.2. The summed E-state index contributed by atoms with van der Waals surface area (Å²) in [6.45, 7) is 3.88. The van der Waals surface area contributed by atoms with Gasteiger partial charge in [0.25, 0.3) is 5.56 Å². The Morgan fingerprint density at radius 3 is 2.32 bits per heavy atom. The third-order valence-electron chi connectivity index (χ3n) is 2.99. The number of pyridine rings is 1. The van der Waals surface area contributed by atoms with Crippen molar-refractivity contribution in [2.45, 2.75) is 19.9 Å². The zero-order chi connectivity index (χ0) is 14.0. The molecule has 98 valence electrons. The van der Waals surface area contributed by atoms with Crippen LogP contribution in [0.1, 0.15) is 25.5 Å². The van der Waals surface area contributed by atoms with E-state index in [-0.39, 0.29) is 23.0 Å². The van der Waals surface area contributed by atoms with Crippen LogP contribution in [0.5, 0.6) is 0 Å². The van der Waals surface area contributed by atoms with Crippen molar-refractivity contribution in [3.63, 3.8) is 0 Å². The minimum Gasteiger partial charge on any atom is -0.384 e. The molecule has 1 heterocycles. The van der Waals surface area contributed by atoms with E-state index in [9.17, 15) is 4.79 Å². The van der Waals surface area contributed by atoms with E-state index in [1.807, 2.05) is 50.2 Å². The Labute approximate surface area is 112 Å². The van der Waals surface area contributed by atoms with Crippen LogP contribution in [-0.4, -0.2) is 10.4 Å². The van der Waals surface area contributed by atoms with Gasteiger partial charge in [-0.3, -0.25) is 10.2 Å². The minimum absolute atomic E-state index is 0.00186. The normalized spacial score (nSPS) is 10.7. The number of nitrogens with one attached hydrogen (secondary N) is 1. The summed E-state index contributed by atoms with van der Waals surface area (Å²) >= 11 is 0. The van der Waals surface area contributed by atoms with E-state index in [4.69, 9.17) is 11.1 Å². The third-order valence-corrected chi connectivity index (χ3v) is 2.99. The topological polar surface area (TPSA) is 71.9 Å². The molecule has 2 rings (SSSR count). The predicted molar refractivity (Wildman–Crippen MR) is 77.5 cm³/mol. The lowest BCUT2D eigenvalue weighted by molar-refractivity contribution is 0.584. The second-order valence-electron chi connectivity index (χ2n) is 4.68. The van der Waals surface area contributed by atoms with Crippen LogP contribution in [0.25, 0.3) is 11.3 Å². The average Bonchev–Trinajstić information content (AvgIpc) is 2.38. The van der Waals surface area contributed by atoms with Crippen molar-refractivity contribution >= 4 is 5.84 Å². The Hall–Kier alpha value is -2.36. The average molecular weight is 255 g/mol. The van der Waals surface area contributed by atoms with Crippen LogP contribution in [-0.2, 0) is 0 Å². The number of benzene rings is 1. The number of rotatable bonds is 3. The van der Waals surface area contributed by atoms with E-state index in [0.717, 1.165) is 11.3 Å². The van der Waals surface area contributed by atoms with Crippen LogP contribution in [0.15, 0.2) is 47.3 Å². The standard InChI is InChI=1S/C15H17N3O/c1-10(2)18-13(11-6-4-3-5-7-11)9-8-12(14(16)17)15(18)19/h3-10H,1-2H3,(H3,16,17). The van der Waals surface area contributed by atoms with E-state index in [2.05, 4.69) is 0 Å². The number of aromatic nitrogens is 1. The summed E-state index contributed by atoms with van der Waals surface area (Å²) in [5, 5.41) is 7.45. The van der Waals surface area contributed by atoms with Crippen molar-refractivity contribution in [1.82, 2.24) is 4.57 Å². The van der Waals surface area contributed by atoms with Crippen LogP contribution in [0.4, 0.5) is 0 Å². The van der Waals surface area contributed by atoms with Gasteiger partial charge in [-0.1, -0.05) is 30.3 Å². The second kappa shape index (κ2) is 5.10. The SMILES string of the molecule is CC(C)n1c(-c2ccccc2)ccc(C(=N)N)c1=O. The fourth-order valence-electron chi connectivity index (χ4n) is 2.11. The zero-order valence-electron chi connectivity index (χ0n) is 11.1. The highest BCUT2D eigenvalue weighted by Crippen LogP contribution is 2.20. The van der Waals surface area contributed by atoms with E-state index in [1.54, 1.807) is 10.6 Å². The Morgan fingerprint density at radius 2 is 1.79 bits per heavy atom. The van der Waals surface area contributed by atoms with E-state index in [0.29, 0.717) is 0 Å². The van der Waals surface area contributed by atoms with E-state index >= 15 is 0 Å². The first-order valence-electron chi connectivity index (χ1n) is 6.17. The molecule has 0 saturated carbocycles. The summed E-state index contributed by atoms with van der Waals surface area (Å²) in [7, 11) is 0. The molecule has 0 saturated heterocycles. The van der Waals surface area contributed by atoms with Crippen molar-refractivity contribution in [1.29, 1.82) is 5.41 Å². The summed E-state index contributed by atoms with van der Waals surface area (Å²) in [6.07, 6.45) is 0. The Morgan fingerprint density at radius 1 is 1.16 bits per heavy atom. The lowest BCUT2D eigenvalue weighted by Crippen LogP contribution is -2.31. The molecule has 0 aliphatic rings. The molecule has 0 radical (unpaired) electrons. The molecule has 3 N–H and O–H groups in total. The van der Waals surface area contributed by atoms with E-state index in [1.165, 1.54) is 0 Å². The first kappa shape index (κ1) is 13.1. The maximum atomic E-state index is 12.4. The van der Waals surface area contributed by atoms with Crippen molar-refractivity contribution < 1.29 is 0 Å². The second-order valence-corrected chi connectivity index (χ2v) is 4.68. The fraction of sp³-hybridized carbons (Fsp3) is 0.200. The molecule has 4 heteroatoms. The first-order valence-corrected chi connectivity index (χ1v) is 6.17. The number of hydrogen-bond donors (Lipinski definition) is 2.